The predicted octanol–water partition coefficient (Wildman–Crippen LogP) is 7.38. The van der Waals surface area contributed by atoms with Crippen molar-refractivity contribution < 1.29 is 23.2 Å². The van der Waals surface area contributed by atoms with Gasteiger partial charge in [0.2, 0.25) is 0 Å². The van der Waals surface area contributed by atoms with Crippen LogP contribution in [-0.2, 0) is 0 Å². The predicted molar refractivity (Wildman–Crippen MR) is 225 cm³/mol. The van der Waals surface area contributed by atoms with Crippen LogP contribution in [0.5, 0.6) is 0 Å². The normalized spacial score (nSPS) is 14.2. The topological polar surface area (TPSA) is 99.8 Å². The van der Waals surface area contributed by atoms with E-state index in [-0.39, 0.29) is 29.2 Å². The van der Waals surface area contributed by atoms with Crippen LogP contribution in [0.3, 0.4) is 0 Å². The van der Waals surface area contributed by atoms with Gasteiger partial charge in [-0.15, -0.1) is 0 Å². The lowest BCUT2D eigenvalue weighted by atomic mass is 10.1. The van der Waals surface area contributed by atoms with Crippen LogP contribution in [-0.4, -0.2) is 99.3 Å². The summed E-state index contributed by atoms with van der Waals surface area (Å²) in [5, 5.41) is 8.87. The van der Waals surface area contributed by atoms with Crippen molar-refractivity contribution in [3.05, 3.63) is 154 Å². The third-order valence-electron chi connectivity index (χ3n) is 10.7. The molecule has 2 aliphatic heterocycles. The Kier molecular flexibility index (Phi) is 12.0. The Labute approximate surface area is 343 Å². The molecule has 2 aliphatic rings. The molecule has 6 aromatic rings. The van der Waals surface area contributed by atoms with E-state index in [2.05, 4.69) is 52.0 Å². The molecule has 2 aromatic heterocycles. The van der Waals surface area contributed by atoms with Gasteiger partial charge in [-0.1, -0.05) is 17.7 Å². The second-order valence-electron chi connectivity index (χ2n) is 15.1. The monoisotopic (exact) mass is 798 g/mol. The van der Waals surface area contributed by atoms with Crippen LogP contribution < -0.4 is 9.80 Å². The fraction of sp³-hybridized carbons (Fsp3) is 0.283. The highest BCUT2D eigenvalue weighted by atomic mass is 19.1. The van der Waals surface area contributed by atoms with Gasteiger partial charge in [-0.2, -0.15) is 10.2 Å². The van der Waals surface area contributed by atoms with Gasteiger partial charge in [-0.3, -0.25) is 14.4 Å². The molecule has 0 saturated carbocycles. The van der Waals surface area contributed by atoms with Gasteiger partial charge in [0.15, 0.2) is 5.78 Å². The van der Waals surface area contributed by atoms with E-state index in [1.54, 1.807) is 52.7 Å². The first-order chi connectivity index (χ1) is 28.3. The van der Waals surface area contributed by atoms with E-state index >= 15 is 0 Å². The number of Topliss-reactive ketones (excluding diaryl/α,β-unsaturated/α-hetero) is 1. The molecular formula is C46H48F2N8O3. The highest BCUT2D eigenvalue weighted by molar-refractivity contribution is 5.95. The van der Waals surface area contributed by atoms with Crippen LogP contribution in [0.15, 0.2) is 103 Å². The van der Waals surface area contributed by atoms with Crippen LogP contribution in [0.25, 0.3) is 11.4 Å². The number of piperazine rings is 2. The molecule has 2 saturated heterocycles. The molecule has 59 heavy (non-hydrogen) atoms. The number of carbonyl (C=O) groups is 3. The van der Waals surface area contributed by atoms with Gasteiger partial charge >= 0.3 is 0 Å². The Bertz CT molecular complexity index is 2440. The summed E-state index contributed by atoms with van der Waals surface area (Å²) in [6.45, 7) is 14.9. The number of rotatable bonds is 7. The maximum atomic E-state index is 13.3. The summed E-state index contributed by atoms with van der Waals surface area (Å²) in [4.78, 5) is 46.1. The summed E-state index contributed by atoms with van der Waals surface area (Å²) in [6.07, 6.45) is 0. The van der Waals surface area contributed by atoms with E-state index in [9.17, 15) is 23.2 Å². The number of amides is 2. The zero-order chi connectivity index (χ0) is 41.8. The molecule has 8 rings (SSSR count). The molecule has 13 heteroatoms. The molecule has 0 aliphatic carbocycles. The Morgan fingerprint density at radius 3 is 1.36 bits per heavy atom. The van der Waals surface area contributed by atoms with Crippen molar-refractivity contribution in [1.82, 2.24) is 29.4 Å². The molecule has 0 spiro atoms. The van der Waals surface area contributed by atoms with Crippen LogP contribution in [0.1, 0.15) is 60.8 Å². The Balaban J connectivity index is 0.000000179. The van der Waals surface area contributed by atoms with Crippen LogP contribution >= 0.6 is 0 Å². The van der Waals surface area contributed by atoms with Crippen molar-refractivity contribution in [2.75, 3.05) is 62.2 Å². The summed E-state index contributed by atoms with van der Waals surface area (Å²) in [7, 11) is 0. The number of nitrogens with zero attached hydrogens (tertiary/aromatic N) is 8. The number of hydrogen-bond donors (Lipinski definition) is 0. The summed E-state index contributed by atoms with van der Waals surface area (Å²) in [5.41, 5.74) is 9.27. The largest absolute Gasteiger partial charge is 0.368 e. The number of carbonyl (C=O) groups excluding carboxylic acids is 3. The third-order valence-corrected chi connectivity index (χ3v) is 10.7. The average Bonchev–Trinajstić information content (AvgIpc) is 3.83. The molecule has 11 nitrogen and oxygen atoms in total. The molecule has 0 radical (unpaired) electrons. The lowest BCUT2D eigenvalue weighted by molar-refractivity contribution is 0.0730. The first-order valence-corrected chi connectivity index (χ1v) is 19.8. The Morgan fingerprint density at radius 1 is 0.508 bits per heavy atom. The minimum Gasteiger partial charge on any atom is -0.368 e. The number of halogens is 2. The quantitative estimate of drug-likeness (QED) is 0.156. The maximum Gasteiger partial charge on any atom is 0.272 e. The SMILES string of the molecule is CC(=O)c1ccc(N2CCN(C(=O)c3cc(C)nn3-c3ccc(F)cc3)CC2)cc1.Cc1ccc(N2CCN(C(=O)c3cc(C)nn3-c3ccc(F)cc3)CC2)c(C)c1. The zero-order valence-corrected chi connectivity index (χ0v) is 34.0. The van der Waals surface area contributed by atoms with Gasteiger partial charge in [-0.05, 0) is 131 Å². The fourth-order valence-electron chi connectivity index (χ4n) is 7.57. The van der Waals surface area contributed by atoms with E-state index < -0.39 is 0 Å². The number of ketones is 1. The van der Waals surface area contributed by atoms with Crippen molar-refractivity contribution in [2.45, 2.75) is 34.6 Å². The van der Waals surface area contributed by atoms with E-state index in [1.807, 2.05) is 47.9 Å². The van der Waals surface area contributed by atoms with Crippen molar-refractivity contribution in [3.8, 4) is 11.4 Å². The molecule has 4 heterocycles. The second-order valence-corrected chi connectivity index (χ2v) is 15.1. The maximum absolute atomic E-state index is 13.3. The molecule has 0 unspecified atom stereocenters. The molecule has 0 atom stereocenters. The van der Waals surface area contributed by atoms with Gasteiger partial charge in [0.05, 0.1) is 22.8 Å². The fourth-order valence-corrected chi connectivity index (χ4v) is 7.57. The number of aromatic nitrogens is 4. The summed E-state index contributed by atoms with van der Waals surface area (Å²) < 4.78 is 29.7. The van der Waals surface area contributed by atoms with Crippen LogP contribution in [0.2, 0.25) is 0 Å². The zero-order valence-electron chi connectivity index (χ0n) is 34.0. The molecule has 2 fully saturated rings. The number of benzene rings is 4. The summed E-state index contributed by atoms with van der Waals surface area (Å²) >= 11 is 0. The van der Waals surface area contributed by atoms with E-state index in [0.29, 0.717) is 67.6 Å². The molecule has 304 valence electrons. The van der Waals surface area contributed by atoms with Crippen molar-refractivity contribution in [2.24, 2.45) is 0 Å². The van der Waals surface area contributed by atoms with Crippen LogP contribution in [0, 0.1) is 39.3 Å². The average molecular weight is 799 g/mol. The van der Waals surface area contributed by atoms with Gasteiger partial charge in [-0.25, -0.2) is 18.1 Å². The number of anilines is 2. The van der Waals surface area contributed by atoms with E-state index in [0.717, 1.165) is 30.2 Å². The highest BCUT2D eigenvalue weighted by Crippen LogP contribution is 2.24. The molecule has 2 amide bonds. The number of hydrogen-bond acceptors (Lipinski definition) is 7. The third kappa shape index (κ3) is 9.25. The minimum absolute atomic E-state index is 0.0461. The van der Waals surface area contributed by atoms with Crippen LogP contribution in [0.4, 0.5) is 20.2 Å². The van der Waals surface area contributed by atoms with Gasteiger partial charge in [0.1, 0.15) is 23.0 Å². The van der Waals surface area contributed by atoms with Gasteiger partial charge in [0, 0.05) is 69.3 Å². The molecule has 4 aromatic carbocycles. The molecule has 0 bridgehead atoms. The standard InChI is InChI=1S/C23H23FN4O2.C23H25FN4O/c1-16-15-22(28(25-16)21-9-5-19(24)6-10-21)23(30)27-13-11-26(12-14-27)20-7-3-18(4-8-20)17(2)29;1-16-4-9-21(17(2)14-16)26-10-12-27(13-11-26)23(29)22-15-18(3)25-28(22)20-7-5-19(24)6-8-20/h3-10,15H,11-14H2,1-2H3;4-9,14-15H,10-13H2,1-3H3. The Morgan fingerprint density at radius 2 is 0.932 bits per heavy atom. The van der Waals surface area contributed by atoms with Crippen molar-refractivity contribution >= 4 is 29.0 Å². The van der Waals surface area contributed by atoms with Gasteiger partial charge in [0.25, 0.3) is 11.8 Å². The molecular weight excluding hydrogens is 751 g/mol. The first kappa shape index (κ1) is 40.6. The number of aryl methyl sites for hydroxylation is 4. The van der Waals surface area contributed by atoms with E-state index in [1.165, 1.54) is 41.1 Å². The molecule has 0 N–H and O–H groups in total. The van der Waals surface area contributed by atoms with Gasteiger partial charge < -0.3 is 19.6 Å². The lowest BCUT2D eigenvalue weighted by Crippen LogP contribution is -2.49. The Hall–Kier alpha value is -6.63. The van der Waals surface area contributed by atoms with E-state index in [4.69, 9.17) is 0 Å². The smallest absolute Gasteiger partial charge is 0.272 e. The first-order valence-electron chi connectivity index (χ1n) is 19.8. The highest BCUT2D eigenvalue weighted by Gasteiger charge is 2.28. The van der Waals surface area contributed by atoms with Crippen molar-refractivity contribution in [3.63, 3.8) is 0 Å². The second kappa shape index (κ2) is 17.5. The summed E-state index contributed by atoms with van der Waals surface area (Å²) in [6, 6.07) is 29.6. The summed E-state index contributed by atoms with van der Waals surface area (Å²) in [5.74, 6) is -0.734. The lowest BCUT2D eigenvalue weighted by Gasteiger charge is -2.36. The minimum atomic E-state index is -0.331. The van der Waals surface area contributed by atoms with Crippen molar-refractivity contribution in [1.29, 1.82) is 0 Å².